The number of carbonyl (C=O) groups excluding carboxylic acids is 1. The van der Waals surface area contributed by atoms with Crippen LogP contribution in [0.3, 0.4) is 0 Å². The molecule has 0 radical (unpaired) electrons. The fourth-order valence-electron chi connectivity index (χ4n) is 3.66. The number of benzene rings is 2. The fraction of sp³-hybridized carbons (Fsp3) is 0.346. The Kier molecular flexibility index (Phi) is 7.78. The van der Waals surface area contributed by atoms with Gasteiger partial charge in [-0.3, -0.25) is 4.79 Å². The highest BCUT2D eigenvalue weighted by Gasteiger charge is 2.33. The van der Waals surface area contributed by atoms with Crippen LogP contribution in [-0.4, -0.2) is 12.5 Å². The maximum atomic E-state index is 13.3. The Morgan fingerprint density at radius 1 is 1.12 bits per heavy atom. The van der Waals surface area contributed by atoms with E-state index in [-0.39, 0.29) is 11.6 Å². The number of alkyl halides is 3. The lowest BCUT2D eigenvalue weighted by molar-refractivity contribution is -0.136. The molecule has 0 aromatic heterocycles. The molecule has 3 rings (SSSR count). The zero-order chi connectivity index (χ0) is 23.1. The minimum Gasteiger partial charge on any atom is -0.494 e. The van der Waals surface area contributed by atoms with Gasteiger partial charge in [0.05, 0.1) is 17.9 Å². The molecule has 0 aliphatic heterocycles. The van der Waals surface area contributed by atoms with Crippen LogP contribution in [0.5, 0.6) is 5.75 Å². The van der Waals surface area contributed by atoms with Crippen LogP contribution in [0.15, 0.2) is 66.3 Å². The van der Waals surface area contributed by atoms with Crippen LogP contribution in [0.25, 0.3) is 0 Å². The predicted molar refractivity (Wildman–Crippen MR) is 121 cm³/mol. The lowest BCUT2D eigenvalue weighted by Crippen LogP contribution is -2.18. The van der Waals surface area contributed by atoms with Crippen LogP contribution < -0.4 is 10.1 Å². The third kappa shape index (κ3) is 6.25. The topological polar surface area (TPSA) is 38.3 Å². The van der Waals surface area contributed by atoms with Crippen molar-refractivity contribution in [3.8, 4) is 5.75 Å². The maximum Gasteiger partial charge on any atom is 0.418 e. The lowest BCUT2D eigenvalue weighted by Gasteiger charge is -2.17. The molecule has 0 heterocycles. The van der Waals surface area contributed by atoms with Crippen molar-refractivity contribution < 1.29 is 22.7 Å². The summed E-state index contributed by atoms with van der Waals surface area (Å²) in [6.45, 7) is 4.41. The van der Waals surface area contributed by atoms with E-state index in [2.05, 4.69) is 23.5 Å². The van der Waals surface area contributed by atoms with Gasteiger partial charge in [0.2, 0.25) is 0 Å². The quantitative estimate of drug-likeness (QED) is 0.429. The molecule has 32 heavy (non-hydrogen) atoms. The van der Waals surface area contributed by atoms with Gasteiger partial charge in [0.25, 0.3) is 5.91 Å². The summed E-state index contributed by atoms with van der Waals surface area (Å²) in [6.07, 6.45) is 6.05. The number of hydrogen-bond acceptors (Lipinski definition) is 2. The van der Waals surface area contributed by atoms with E-state index >= 15 is 0 Å². The zero-order valence-corrected chi connectivity index (χ0v) is 18.3. The molecule has 0 saturated heterocycles. The summed E-state index contributed by atoms with van der Waals surface area (Å²) in [6, 6.07) is 10.1. The summed E-state index contributed by atoms with van der Waals surface area (Å²) in [5.74, 6) is 0.0665. The van der Waals surface area contributed by atoms with E-state index < -0.39 is 17.6 Å². The Labute approximate surface area is 187 Å². The monoisotopic (exact) mass is 443 g/mol. The third-order valence-electron chi connectivity index (χ3n) is 5.32. The first-order valence-electron chi connectivity index (χ1n) is 10.9. The Bertz CT molecular complexity index is 1010. The lowest BCUT2D eigenvalue weighted by atomic mass is 9.96. The van der Waals surface area contributed by atoms with E-state index in [1.54, 1.807) is 18.2 Å². The molecule has 0 bridgehead atoms. The summed E-state index contributed by atoms with van der Waals surface area (Å²) in [7, 11) is 0. The number of ether oxygens (including phenoxy) is 1. The summed E-state index contributed by atoms with van der Waals surface area (Å²) in [4.78, 5) is 12.8. The average Bonchev–Trinajstić information content (AvgIpc) is 2.77. The van der Waals surface area contributed by atoms with E-state index in [0.29, 0.717) is 17.9 Å². The Hall–Kier alpha value is -3.02. The molecule has 6 heteroatoms. The number of anilines is 1. The van der Waals surface area contributed by atoms with Gasteiger partial charge in [-0.15, -0.1) is 0 Å². The summed E-state index contributed by atoms with van der Waals surface area (Å²) >= 11 is 0. The van der Waals surface area contributed by atoms with Crippen molar-refractivity contribution in [2.24, 2.45) is 0 Å². The number of hydrogen-bond donors (Lipinski definition) is 1. The molecule has 170 valence electrons. The molecule has 0 fully saturated rings. The van der Waals surface area contributed by atoms with Crippen LogP contribution in [0.1, 0.15) is 66.9 Å². The molecule has 0 unspecified atom stereocenters. The average molecular weight is 444 g/mol. The Morgan fingerprint density at radius 2 is 1.91 bits per heavy atom. The van der Waals surface area contributed by atoms with Gasteiger partial charge >= 0.3 is 6.18 Å². The standard InChI is InChI=1S/C26H28F3NO2/c1-18(2)22-17-20(32-16-8-11-19-9-4-3-5-10-19)14-15-21(22)25(31)30-24-13-7-6-12-23(24)26(27,28)29/h4,6-7,9-10,12-15,17-18H,3,5,8,11,16H2,1-2H3,(H,30,31). The fourth-order valence-corrected chi connectivity index (χ4v) is 3.66. The van der Waals surface area contributed by atoms with Crippen LogP contribution >= 0.6 is 0 Å². The van der Waals surface area contributed by atoms with Gasteiger partial charge in [-0.25, -0.2) is 0 Å². The van der Waals surface area contributed by atoms with E-state index in [1.807, 2.05) is 13.8 Å². The highest BCUT2D eigenvalue weighted by molar-refractivity contribution is 6.06. The van der Waals surface area contributed by atoms with Crippen molar-refractivity contribution in [2.75, 3.05) is 11.9 Å². The molecule has 2 aromatic carbocycles. The van der Waals surface area contributed by atoms with E-state index in [0.717, 1.165) is 37.3 Å². The van der Waals surface area contributed by atoms with Crippen molar-refractivity contribution in [3.63, 3.8) is 0 Å². The number of allylic oxidation sites excluding steroid dienone is 4. The van der Waals surface area contributed by atoms with E-state index in [9.17, 15) is 18.0 Å². The van der Waals surface area contributed by atoms with Gasteiger partial charge in [-0.2, -0.15) is 13.2 Å². The van der Waals surface area contributed by atoms with E-state index in [1.165, 1.54) is 23.8 Å². The molecule has 1 aliphatic carbocycles. The smallest absolute Gasteiger partial charge is 0.418 e. The second-order valence-corrected chi connectivity index (χ2v) is 8.11. The maximum absolute atomic E-state index is 13.3. The molecule has 0 spiro atoms. The van der Waals surface area contributed by atoms with Gasteiger partial charge < -0.3 is 10.1 Å². The van der Waals surface area contributed by atoms with Crippen molar-refractivity contribution in [1.82, 2.24) is 0 Å². The molecule has 3 nitrogen and oxygen atoms in total. The van der Waals surface area contributed by atoms with Gasteiger partial charge in [-0.05, 0) is 67.5 Å². The van der Waals surface area contributed by atoms with Crippen molar-refractivity contribution in [3.05, 3.63) is 83.0 Å². The molecule has 1 N–H and O–H groups in total. The largest absolute Gasteiger partial charge is 0.494 e. The Balaban J connectivity index is 1.69. The number of nitrogens with one attached hydrogen (secondary N) is 1. The minimum absolute atomic E-state index is 0.00492. The second kappa shape index (κ2) is 10.5. The molecule has 0 saturated carbocycles. The zero-order valence-electron chi connectivity index (χ0n) is 18.3. The highest BCUT2D eigenvalue weighted by atomic mass is 19.4. The molecule has 0 atom stereocenters. The van der Waals surface area contributed by atoms with Crippen molar-refractivity contribution >= 4 is 11.6 Å². The molecule has 1 amide bonds. The normalized spacial score (nSPS) is 13.8. The number of carbonyl (C=O) groups is 1. The van der Waals surface area contributed by atoms with Crippen LogP contribution in [0.4, 0.5) is 18.9 Å². The number of rotatable bonds is 8. The number of para-hydroxylation sites is 1. The third-order valence-corrected chi connectivity index (χ3v) is 5.32. The predicted octanol–water partition coefficient (Wildman–Crippen LogP) is 7.52. The summed E-state index contributed by atoms with van der Waals surface area (Å²) < 4.78 is 45.6. The van der Waals surface area contributed by atoms with Crippen LogP contribution in [0, 0.1) is 0 Å². The molecular formula is C26H28F3NO2. The summed E-state index contributed by atoms with van der Waals surface area (Å²) in [5, 5.41) is 2.42. The number of halogens is 3. The highest BCUT2D eigenvalue weighted by Crippen LogP contribution is 2.35. The van der Waals surface area contributed by atoms with Crippen LogP contribution in [-0.2, 0) is 6.18 Å². The SMILES string of the molecule is CC(C)c1cc(OCCCC2=CCCC=C2)ccc1C(=O)Nc1ccccc1C(F)(F)F. The second-order valence-electron chi connectivity index (χ2n) is 8.11. The van der Waals surface area contributed by atoms with Gasteiger partial charge in [0.1, 0.15) is 5.75 Å². The molecule has 1 aliphatic rings. The first-order valence-corrected chi connectivity index (χ1v) is 10.9. The van der Waals surface area contributed by atoms with Crippen molar-refractivity contribution in [1.29, 1.82) is 0 Å². The van der Waals surface area contributed by atoms with Gasteiger partial charge in [-0.1, -0.05) is 49.8 Å². The minimum atomic E-state index is -4.55. The first kappa shape index (κ1) is 23.6. The first-order chi connectivity index (χ1) is 15.3. The molecular weight excluding hydrogens is 415 g/mol. The van der Waals surface area contributed by atoms with E-state index in [4.69, 9.17) is 4.74 Å². The van der Waals surface area contributed by atoms with Crippen LogP contribution in [0.2, 0.25) is 0 Å². The van der Waals surface area contributed by atoms with Gasteiger partial charge in [0, 0.05) is 5.56 Å². The van der Waals surface area contributed by atoms with Crippen molar-refractivity contribution in [2.45, 2.75) is 51.6 Å². The molecule has 2 aromatic rings. The van der Waals surface area contributed by atoms with Gasteiger partial charge in [0.15, 0.2) is 0 Å². The Morgan fingerprint density at radius 3 is 2.59 bits per heavy atom. The summed E-state index contributed by atoms with van der Waals surface area (Å²) in [5.41, 5.74) is 1.26. The number of amides is 1.